The first-order valence-corrected chi connectivity index (χ1v) is 16.0. The molecule has 0 fully saturated rings. The Bertz CT molecular complexity index is 1370. The molecule has 3 rings (SSSR count). The predicted molar refractivity (Wildman–Crippen MR) is 175 cm³/mol. The van der Waals surface area contributed by atoms with Crippen LogP contribution in [0.1, 0.15) is 89.8 Å². The molecule has 0 unspecified atom stereocenters. The summed E-state index contributed by atoms with van der Waals surface area (Å²) in [6.45, 7) is 6.76. The van der Waals surface area contributed by atoms with E-state index in [0.29, 0.717) is 29.4 Å². The molecule has 248 valence electrons. The number of hydrogen-bond donors (Lipinski definition) is 2. The fourth-order valence-electron chi connectivity index (χ4n) is 5.38. The minimum Gasteiger partial charge on any atom is -1.00 e. The van der Waals surface area contributed by atoms with Gasteiger partial charge in [0.05, 0.1) is 44.2 Å². The first-order chi connectivity index (χ1) is 21.4. The van der Waals surface area contributed by atoms with Crippen molar-refractivity contribution < 1.29 is 45.5 Å². The highest BCUT2D eigenvalue weighted by atomic mass is 35.5. The minimum atomic E-state index is -0.595. The molecule has 0 aliphatic carbocycles. The molecular weight excluding hydrogens is 594 g/mol. The van der Waals surface area contributed by atoms with E-state index in [-0.39, 0.29) is 25.6 Å². The van der Waals surface area contributed by atoms with Gasteiger partial charge in [-0.15, -0.1) is 0 Å². The van der Waals surface area contributed by atoms with Crippen LogP contribution in [0.2, 0.25) is 0 Å². The molecule has 10 heteroatoms. The number of carbonyl (C=O) groups is 2. The summed E-state index contributed by atoms with van der Waals surface area (Å²) in [5.41, 5.74) is 3.02. The van der Waals surface area contributed by atoms with Crippen LogP contribution < -0.4 is 37.1 Å². The quantitative estimate of drug-likeness (QED) is 0.142. The zero-order chi connectivity index (χ0) is 31.7. The number of anilines is 2. The average molecular weight is 644 g/mol. The van der Waals surface area contributed by atoms with Gasteiger partial charge in [0, 0.05) is 18.1 Å². The summed E-state index contributed by atoms with van der Waals surface area (Å²) >= 11 is 0. The third-order valence-electron chi connectivity index (χ3n) is 7.63. The average Bonchev–Trinajstić information content (AvgIpc) is 3.01. The van der Waals surface area contributed by atoms with E-state index < -0.39 is 12.2 Å². The lowest BCUT2D eigenvalue weighted by atomic mass is 10.0. The number of methoxy groups -OCH3 is 2. The van der Waals surface area contributed by atoms with Crippen LogP contribution in [0.5, 0.6) is 11.5 Å². The van der Waals surface area contributed by atoms with E-state index in [1.165, 1.54) is 57.1 Å². The number of amides is 2. The van der Waals surface area contributed by atoms with Gasteiger partial charge in [-0.2, -0.15) is 4.57 Å². The molecule has 2 aromatic carbocycles. The highest BCUT2D eigenvalue weighted by Crippen LogP contribution is 2.33. The molecule has 0 radical (unpaired) electrons. The van der Waals surface area contributed by atoms with Gasteiger partial charge in [0.2, 0.25) is 0 Å². The Kier molecular flexibility index (Phi) is 16.9. The van der Waals surface area contributed by atoms with E-state index in [1.54, 1.807) is 34.1 Å². The number of fused-ring (bicyclic) bond motifs is 1. The normalized spacial score (nSPS) is 10.6. The third-order valence-corrected chi connectivity index (χ3v) is 7.63. The number of nitrogens with zero attached hydrogens (tertiary/aromatic N) is 1. The Morgan fingerprint density at radius 3 is 1.89 bits per heavy atom. The second kappa shape index (κ2) is 20.3. The number of unbranched alkanes of at least 4 members (excludes halogenated alkanes) is 8. The van der Waals surface area contributed by atoms with E-state index in [4.69, 9.17) is 18.9 Å². The highest BCUT2D eigenvalue weighted by molar-refractivity contribution is 5.95. The number of ether oxygens (including phenoxy) is 4. The summed E-state index contributed by atoms with van der Waals surface area (Å²) < 4.78 is 23.6. The lowest BCUT2D eigenvalue weighted by Gasteiger charge is -2.14. The van der Waals surface area contributed by atoms with Crippen LogP contribution >= 0.6 is 0 Å². The molecule has 0 saturated carbocycles. The third kappa shape index (κ3) is 11.6. The summed E-state index contributed by atoms with van der Waals surface area (Å²) in [6.07, 6.45) is 13.2. The highest BCUT2D eigenvalue weighted by Gasteiger charge is 2.20. The maximum absolute atomic E-state index is 12.3. The SMILES string of the molecule is CCCCCCCCCCCc1c2cc(OC)c(OC)cc2cc[n+]1Cc1ccc(NC(=O)OCC)c(NC(=O)OCC)c1.[Cl-]. The van der Waals surface area contributed by atoms with Crippen molar-refractivity contribution in [3.8, 4) is 11.5 Å². The second-order valence-corrected chi connectivity index (χ2v) is 10.8. The molecule has 0 atom stereocenters. The van der Waals surface area contributed by atoms with Gasteiger partial charge >= 0.3 is 12.2 Å². The van der Waals surface area contributed by atoms with Gasteiger partial charge in [0.25, 0.3) is 0 Å². The Morgan fingerprint density at radius 1 is 0.711 bits per heavy atom. The number of pyridine rings is 1. The van der Waals surface area contributed by atoms with Gasteiger partial charge in [0.15, 0.2) is 29.9 Å². The maximum atomic E-state index is 12.3. The molecule has 45 heavy (non-hydrogen) atoms. The van der Waals surface area contributed by atoms with Crippen LogP contribution in [-0.4, -0.2) is 39.6 Å². The van der Waals surface area contributed by atoms with E-state index in [9.17, 15) is 9.59 Å². The van der Waals surface area contributed by atoms with Crippen LogP contribution in [-0.2, 0) is 22.4 Å². The van der Waals surface area contributed by atoms with Gasteiger partial charge in [-0.1, -0.05) is 64.4 Å². The first-order valence-electron chi connectivity index (χ1n) is 16.0. The van der Waals surface area contributed by atoms with Crippen LogP contribution in [0.3, 0.4) is 0 Å². The Labute approximate surface area is 274 Å². The number of benzene rings is 2. The van der Waals surface area contributed by atoms with Crippen molar-refractivity contribution in [2.24, 2.45) is 0 Å². The molecule has 0 spiro atoms. The molecular formula is C35H50ClN3O6. The number of nitrogens with one attached hydrogen (secondary N) is 2. The Morgan fingerprint density at radius 2 is 1.29 bits per heavy atom. The number of carbonyl (C=O) groups excluding carboxylic acids is 2. The van der Waals surface area contributed by atoms with E-state index >= 15 is 0 Å². The molecule has 1 aromatic heterocycles. The minimum absolute atomic E-state index is 0. The lowest BCUT2D eigenvalue weighted by molar-refractivity contribution is -0.694. The van der Waals surface area contributed by atoms with Crippen molar-refractivity contribution in [1.29, 1.82) is 0 Å². The molecule has 0 bridgehead atoms. The van der Waals surface area contributed by atoms with Gasteiger partial charge in [-0.05, 0) is 49.9 Å². The Hall–Kier alpha value is -3.72. The zero-order valence-electron chi connectivity index (χ0n) is 27.5. The standard InChI is InChI=1S/C35H49N3O6.ClH/c1-6-9-10-11-12-13-14-15-16-17-31-28-24-33(42-5)32(41-4)23-27(28)20-21-38(31)25-26-18-19-29(36-34(39)43-7-2)30(22-26)37-35(40)44-8-3;/h18-24H,6-17,25H2,1-5H3,(H-,36,37,39,40);1H. The van der Waals surface area contributed by atoms with Crippen molar-refractivity contribution in [3.63, 3.8) is 0 Å². The molecule has 3 aromatic rings. The maximum Gasteiger partial charge on any atom is 0.411 e. The second-order valence-electron chi connectivity index (χ2n) is 10.8. The van der Waals surface area contributed by atoms with E-state index in [1.807, 2.05) is 18.2 Å². The fraction of sp³-hybridized carbons (Fsp3) is 0.514. The van der Waals surface area contributed by atoms with Crippen LogP contribution in [0, 0.1) is 0 Å². The van der Waals surface area contributed by atoms with Crippen LogP contribution in [0.25, 0.3) is 10.8 Å². The summed E-state index contributed by atoms with van der Waals surface area (Å²) in [4.78, 5) is 24.5. The molecule has 2 amide bonds. The first kappa shape index (κ1) is 37.5. The Balaban J connectivity index is 0.00000705. The van der Waals surface area contributed by atoms with Gasteiger partial charge in [0.1, 0.15) is 0 Å². The number of aromatic nitrogens is 1. The van der Waals surface area contributed by atoms with Crippen molar-refractivity contribution >= 4 is 34.3 Å². The van der Waals surface area contributed by atoms with Gasteiger partial charge in [-0.25, -0.2) is 9.59 Å². The molecule has 0 aliphatic rings. The largest absolute Gasteiger partial charge is 1.00 e. The van der Waals surface area contributed by atoms with E-state index in [2.05, 4.69) is 40.5 Å². The lowest BCUT2D eigenvalue weighted by Crippen LogP contribution is -3.00. The van der Waals surface area contributed by atoms with Crippen LogP contribution in [0.4, 0.5) is 21.0 Å². The summed E-state index contributed by atoms with van der Waals surface area (Å²) in [5.74, 6) is 1.40. The van der Waals surface area contributed by atoms with Crippen molar-refractivity contribution in [3.05, 3.63) is 53.9 Å². The molecule has 0 saturated heterocycles. The van der Waals surface area contributed by atoms with Gasteiger partial charge in [-0.3, -0.25) is 10.6 Å². The zero-order valence-corrected chi connectivity index (χ0v) is 28.3. The fourth-order valence-corrected chi connectivity index (χ4v) is 5.38. The van der Waals surface area contributed by atoms with Crippen molar-refractivity contribution in [2.45, 2.75) is 91.5 Å². The molecule has 2 N–H and O–H groups in total. The molecule has 1 heterocycles. The monoisotopic (exact) mass is 643 g/mol. The summed E-state index contributed by atoms with van der Waals surface area (Å²) in [7, 11) is 3.31. The van der Waals surface area contributed by atoms with Crippen LogP contribution in [0.15, 0.2) is 42.6 Å². The van der Waals surface area contributed by atoms with Crippen molar-refractivity contribution in [2.75, 3.05) is 38.1 Å². The molecule has 0 aliphatic heterocycles. The number of hydrogen-bond acceptors (Lipinski definition) is 6. The predicted octanol–water partition coefficient (Wildman–Crippen LogP) is 5.41. The van der Waals surface area contributed by atoms with Crippen molar-refractivity contribution in [1.82, 2.24) is 0 Å². The number of halogens is 1. The van der Waals surface area contributed by atoms with Gasteiger partial charge < -0.3 is 31.4 Å². The number of rotatable bonds is 18. The molecule has 9 nitrogen and oxygen atoms in total. The summed E-state index contributed by atoms with van der Waals surface area (Å²) in [5, 5.41) is 7.67. The summed E-state index contributed by atoms with van der Waals surface area (Å²) in [6, 6.07) is 11.7. The number of aryl methyl sites for hydroxylation is 1. The van der Waals surface area contributed by atoms with E-state index in [0.717, 1.165) is 29.2 Å². The smallest absolute Gasteiger partial charge is 0.411 e. The topological polar surface area (TPSA) is 99.0 Å².